The van der Waals surface area contributed by atoms with E-state index < -0.39 is 0 Å². The van der Waals surface area contributed by atoms with Crippen LogP contribution in [0.5, 0.6) is 0 Å². The van der Waals surface area contributed by atoms with Gasteiger partial charge in [0, 0.05) is 50.6 Å². The first-order valence-corrected chi connectivity index (χ1v) is 10.8. The lowest BCUT2D eigenvalue weighted by atomic mass is 9.96. The van der Waals surface area contributed by atoms with Crippen LogP contribution in [0.15, 0.2) is 18.2 Å². The molecule has 1 aliphatic heterocycles. The van der Waals surface area contributed by atoms with Crippen molar-refractivity contribution in [3.63, 3.8) is 0 Å². The molecule has 160 valence electrons. The Labute approximate surface area is 174 Å². The zero-order valence-corrected chi connectivity index (χ0v) is 18.0. The molecule has 0 radical (unpaired) electrons. The third-order valence-electron chi connectivity index (χ3n) is 6.03. The largest absolute Gasteiger partial charge is 0.378 e. The number of nitrogens with one attached hydrogen (secondary N) is 3. The number of rotatable bonds is 4. The average Bonchev–Trinajstić information content (AvgIpc) is 2.70. The summed E-state index contributed by atoms with van der Waals surface area (Å²) in [5.41, 5.74) is 2.99. The van der Waals surface area contributed by atoms with E-state index in [9.17, 15) is 9.59 Å². The number of hydrogen-bond donors (Lipinski definition) is 3. The second-order valence-corrected chi connectivity index (χ2v) is 8.54. The molecule has 0 atom stereocenters. The van der Waals surface area contributed by atoms with E-state index in [0.29, 0.717) is 19.1 Å². The highest BCUT2D eigenvalue weighted by molar-refractivity contribution is 5.90. The lowest BCUT2D eigenvalue weighted by Crippen LogP contribution is -2.51. The molecular weight excluding hydrogens is 366 g/mol. The fourth-order valence-corrected chi connectivity index (χ4v) is 4.15. The van der Waals surface area contributed by atoms with Crippen LogP contribution in [0.2, 0.25) is 0 Å². The van der Waals surface area contributed by atoms with Crippen LogP contribution < -0.4 is 20.9 Å². The maximum atomic E-state index is 12.6. The van der Waals surface area contributed by atoms with Gasteiger partial charge in [-0.3, -0.25) is 0 Å². The summed E-state index contributed by atoms with van der Waals surface area (Å²) in [6, 6.07) is 6.33. The van der Waals surface area contributed by atoms with Crippen molar-refractivity contribution < 1.29 is 9.59 Å². The number of carbonyl (C=O) groups excluding carboxylic acids is 2. The van der Waals surface area contributed by atoms with Crippen LogP contribution in [0, 0.1) is 6.92 Å². The number of amides is 4. The van der Waals surface area contributed by atoms with Gasteiger partial charge in [-0.15, -0.1) is 0 Å². The van der Waals surface area contributed by atoms with E-state index >= 15 is 0 Å². The minimum atomic E-state index is -0.0733. The molecule has 0 spiro atoms. The van der Waals surface area contributed by atoms with Gasteiger partial charge >= 0.3 is 12.1 Å². The molecular formula is C22H35N5O2. The van der Waals surface area contributed by atoms with Crippen molar-refractivity contribution in [2.75, 3.05) is 37.4 Å². The second-order valence-electron chi connectivity index (χ2n) is 8.54. The summed E-state index contributed by atoms with van der Waals surface area (Å²) < 4.78 is 0. The van der Waals surface area contributed by atoms with Crippen LogP contribution in [0.3, 0.4) is 0 Å². The zero-order chi connectivity index (χ0) is 20.8. The Morgan fingerprint density at radius 3 is 2.17 bits per heavy atom. The third-order valence-corrected chi connectivity index (χ3v) is 6.03. The topological polar surface area (TPSA) is 76.7 Å². The Morgan fingerprint density at radius 2 is 1.59 bits per heavy atom. The van der Waals surface area contributed by atoms with Gasteiger partial charge in [-0.2, -0.15) is 0 Å². The first kappa shape index (κ1) is 21.3. The van der Waals surface area contributed by atoms with Crippen LogP contribution in [-0.4, -0.2) is 56.2 Å². The molecule has 3 rings (SSSR count). The molecule has 0 aromatic heterocycles. The van der Waals surface area contributed by atoms with Crippen LogP contribution in [0.25, 0.3) is 0 Å². The van der Waals surface area contributed by atoms with E-state index in [-0.39, 0.29) is 18.1 Å². The lowest BCUT2D eigenvalue weighted by molar-refractivity contribution is 0.186. The van der Waals surface area contributed by atoms with Crippen molar-refractivity contribution in [3.05, 3.63) is 23.8 Å². The maximum absolute atomic E-state index is 12.6. The normalized spacial score (nSPS) is 18.2. The molecule has 2 fully saturated rings. The molecule has 7 nitrogen and oxygen atoms in total. The highest BCUT2D eigenvalue weighted by atomic mass is 16.2. The average molecular weight is 402 g/mol. The number of aryl methyl sites for hydroxylation is 1. The molecule has 7 heteroatoms. The van der Waals surface area contributed by atoms with Crippen LogP contribution >= 0.6 is 0 Å². The fourth-order valence-electron chi connectivity index (χ4n) is 4.15. The molecule has 1 aromatic carbocycles. The minimum Gasteiger partial charge on any atom is -0.378 e. The molecule has 0 bridgehead atoms. The van der Waals surface area contributed by atoms with Gasteiger partial charge in [0.1, 0.15) is 0 Å². The fraction of sp³-hybridized carbons (Fsp3) is 0.636. The summed E-state index contributed by atoms with van der Waals surface area (Å²) in [6.45, 7) is 3.30. The SMILES string of the molecule is Cc1cc(N(C)C)ccc1NC(=O)N1CCC(NC(=O)NC2CCCCC2)CC1. The van der Waals surface area contributed by atoms with Crippen molar-refractivity contribution in [1.29, 1.82) is 0 Å². The van der Waals surface area contributed by atoms with Gasteiger partial charge in [0.15, 0.2) is 0 Å². The first-order chi connectivity index (χ1) is 13.9. The van der Waals surface area contributed by atoms with E-state index in [1.54, 1.807) is 0 Å². The molecule has 4 amide bonds. The van der Waals surface area contributed by atoms with E-state index in [4.69, 9.17) is 0 Å². The van der Waals surface area contributed by atoms with Crippen molar-refractivity contribution in [2.24, 2.45) is 0 Å². The standard InChI is InChI=1S/C22H35N5O2/c1-16-15-19(26(2)3)9-10-20(16)25-22(29)27-13-11-18(12-14-27)24-21(28)23-17-7-5-4-6-8-17/h9-10,15,17-18H,4-8,11-14H2,1-3H3,(H,25,29)(H2,23,24,28). The predicted octanol–water partition coefficient (Wildman–Crippen LogP) is 3.69. The Bertz CT molecular complexity index is 707. The number of carbonyl (C=O) groups is 2. The molecule has 1 saturated carbocycles. The van der Waals surface area contributed by atoms with Crippen molar-refractivity contribution in [1.82, 2.24) is 15.5 Å². The molecule has 1 aliphatic carbocycles. The summed E-state index contributed by atoms with van der Waals surface area (Å²) in [5.74, 6) is 0. The summed E-state index contributed by atoms with van der Waals surface area (Å²) in [6.07, 6.45) is 7.42. The number of urea groups is 2. The first-order valence-electron chi connectivity index (χ1n) is 10.8. The molecule has 29 heavy (non-hydrogen) atoms. The Hall–Kier alpha value is -2.44. The number of likely N-dealkylation sites (tertiary alicyclic amines) is 1. The monoisotopic (exact) mass is 401 g/mol. The predicted molar refractivity (Wildman–Crippen MR) is 118 cm³/mol. The van der Waals surface area contributed by atoms with Gasteiger partial charge < -0.3 is 25.8 Å². The summed E-state index contributed by atoms with van der Waals surface area (Å²) in [5, 5.41) is 9.22. The maximum Gasteiger partial charge on any atom is 0.321 e. The molecule has 0 unspecified atom stereocenters. The smallest absolute Gasteiger partial charge is 0.321 e. The second kappa shape index (κ2) is 9.85. The van der Waals surface area contributed by atoms with Crippen LogP contribution in [0.1, 0.15) is 50.5 Å². The number of piperidine rings is 1. The summed E-state index contributed by atoms with van der Waals surface area (Å²) in [4.78, 5) is 28.7. The van der Waals surface area contributed by atoms with Gasteiger partial charge in [-0.25, -0.2) is 9.59 Å². The van der Waals surface area contributed by atoms with E-state index in [1.807, 2.05) is 43.0 Å². The van der Waals surface area contributed by atoms with Gasteiger partial charge in [0.25, 0.3) is 0 Å². The van der Waals surface area contributed by atoms with Gasteiger partial charge in [0.05, 0.1) is 0 Å². The lowest BCUT2D eigenvalue weighted by Gasteiger charge is -2.33. The van der Waals surface area contributed by atoms with E-state index in [0.717, 1.165) is 42.6 Å². The molecule has 1 aromatic rings. The Balaban J connectivity index is 1.43. The molecule has 1 saturated heterocycles. The van der Waals surface area contributed by atoms with Crippen LogP contribution in [0.4, 0.5) is 21.0 Å². The van der Waals surface area contributed by atoms with Gasteiger partial charge in [0.2, 0.25) is 0 Å². The summed E-state index contributed by atoms with van der Waals surface area (Å²) in [7, 11) is 4.00. The quantitative estimate of drug-likeness (QED) is 0.720. The van der Waals surface area contributed by atoms with Crippen molar-refractivity contribution in [3.8, 4) is 0 Å². The van der Waals surface area contributed by atoms with E-state index in [2.05, 4.69) is 22.0 Å². The van der Waals surface area contributed by atoms with Gasteiger partial charge in [-0.05, 0) is 56.4 Å². The minimum absolute atomic E-state index is 0.0589. The number of anilines is 2. The number of nitrogens with zero attached hydrogens (tertiary/aromatic N) is 2. The number of benzene rings is 1. The summed E-state index contributed by atoms with van der Waals surface area (Å²) >= 11 is 0. The Kier molecular flexibility index (Phi) is 7.23. The number of hydrogen-bond acceptors (Lipinski definition) is 3. The van der Waals surface area contributed by atoms with E-state index in [1.165, 1.54) is 19.3 Å². The Morgan fingerprint density at radius 1 is 0.966 bits per heavy atom. The molecule has 1 heterocycles. The third kappa shape index (κ3) is 6.02. The highest BCUT2D eigenvalue weighted by Crippen LogP contribution is 2.22. The van der Waals surface area contributed by atoms with Crippen molar-refractivity contribution in [2.45, 2.75) is 64.0 Å². The zero-order valence-electron chi connectivity index (χ0n) is 18.0. The molecule has 2 aliphatic rings. The van der Waals surface area contributed by atoms with Crippen LogP contribution in [-0.2, 0) is 0 Å². The highest BCUT2D eigenvalue weighted by Gasteiger charge is 2.25. The van der Waals surface area contributed by atoms with Crippen molar-refractivity contribution >= 4 is 23.4 Å². The molecule has 3 N–H and O–H groups in total. The van der Waals surface area contributed by atoms with Gasteiger partial charge in [-0.1, -0.05) is 19.3 Å².